The van der Waals surface area contributed by atoms with Crippen LogP contribution in [0.15, 0.2) is 18.3 Å². The summed E-state index contributed by atoms with van der Waals surface area (Å²) in [4.78, 5) is 4.01. The number of thioether (sulfide) groups is 1. The minimum absolute atomic E-state index is 0.540. The topological polar surface area (TPSA) is 59.1 Å². The van der Waals surface area contributed by atoms with Gasteiger partial charge in [-0.15, -0.1) is 0 Å². The SMILES string of the molecule is Nc1ncccc1CC1(O)CCSC1. The number of hydrogen-bond donors (Lipinski definition) is 2. The number of anilines is 1. The summed E-state index contributed by atoms with van der Waals surface area (Å²) in [5, 5.41) is 10.2. The lowest BCUT2D eigenvalue weighted by molar-refractivity contribution is 0.0687. The van der Waals surface area contributed by atoms with Gasteiger partial charge < -0.3 is 10.8 Å². The largest absolute Gasteiger partial charge is 0.389 e. The molecule has 1 aromatic rings. The number of nitrogen functional groups attached to an aromatic ring is 1. The number of aromatic nitrogens is 1. The molecule has 0 bridgehead atoms. The second-order valence-corrected chi connectivity index (χ2v) is 4.86. The van der Waals surface area contributed by atoms with E-state index in [4.69, 9.17) is 5.73 Å². The zero-order valence-corrected chi connectivity index (χ0v) is 8.76. The molecule has 1 aliphatic heterocycles. The van der Waals surface area contributed by atoms with Crippen molar-refractivity contribution in [1.82, 2.24) is 4.98 Å². The smallest absolute Gasteiger partial charge is 0.126 e. The normalized spacial score (nSPS) is 26.6. The van der Waals surface area contributed by atoms with Gasteiger partial charge in [0.25, 0.3) is 0 Å². The van der Waals surface area contributed by atoms with E-state index in [2.05, 4.69) is 4.98 Å². The first-order valence-electron chi connectivity index (χ1n) is 4.69. The highest BCUT2D eigenvalue weighted by Gasteiger charge is 2.32. The molecule has 0 spiro atoms. The van der Waals surface area contributed by atoms with Gasteiger partial charge in [-0.05, 0) is 23.8 Å². The summed E-state index contributed by atoms with van der Waals surface area (Å²) in [6.07, 6.45) is 3.15. The minimum atomic E-state index is -0.568. The van der Waals surface area contributed by atoms with Crippen LogP contribution in [0.25, 0.3) is 0 Å². The van der Waals surface area contributed by atoms with Crippen molar-refractivity contribution >= 4 is 17.6 Å². The average Bonchev–Trinajstić information content (AvgIpc) is 2.57. The summed E-state index contributed by atoms with van der Waals surface area (Å²) >= 11 is 1.79. The van der Waals surface area contributed by atoms with Gasteiger partial charge in [-0.2, -0.15) is 11.8 Å². The molecule has 2 heterocycles. The maximum absolute atomic E-state index is 10.2. The van der Waals surface area contributed by atoms with Crippen LogP contribution < -0.4 is 5.73 Å². The molecule has 1 aliphatic rings. The van der Waals surface area contributed by atoms with Gasteiger partial charge >= 0.3 is 0 Å². The van der Waals surface area contributed by atoms with Crippen molar-refractivity contribution in [2.45, 2.75) is 18.4 Å². The van der Waals surface area contributed by atoms with Gasteiger partial charge in [0.2, 0.25) is 0 Å². The van der Waals surface area contributed by atoms with Crippen LogP contribution in [0.2, 0.25) is 0 Å². The van der Waals surface area contributed by atoms with Crippen LogP contribution in [0.1, 0.15) is 12.0 Å². The molecule has 3 N–H and O–H groups in total. The van der Waals surface area contributed by atoms with E-state index in [0.717, 1.165) is 23.5 Å². The fraction of sp³-hybridized carbons (Fsp3) is 0.500. The summed E-state index contributed by atoms with van der Waals surface area (Å²) in [7, 11) is 0. The quantitative estimate of drug-likeness (QED) is 0.766. The number of rotatable bonds is 2. The third-order valence-corrected chi connectivity index (χ3v) is 3.76. The standard InChI is InChI=1S/C10H14N2OS/c11-9-8(2-1-4-12-9)6-10(13)3-5-14-7-10/h1-2,4,13H,3,5-7H2,(H2,11,12). The van der Waals surface area contributed by atoms with Crippen LogP contribution in [-0.4, -0.2) is 27.2 Å². The highest BCUT2D eigenvalue weighted by Crippen LogP contribution is 2.31. The monoisotopic (exact) mass is 210 g/mol. The van der Waals surface area contributed by atoms with Crippen molar-refractivity contribution in [2.75, 3.05) is 17.2 Å². The van der Waals surface area contributed by atoms with Crippen LogP contribution in [-0.2, 0) is 6.42 Å². The molecule has 1 fully saturated rings. The van der Waals surface area contributed by atoms with Gasteiger partial charge in [-0.25, -0.2) is 4.98 Å². The van der Waals surface area contributed by atoms with Crippen molar-refractivity contribution < 1.29 is 5.11 Å². The molecule has 0 saturated carbocycles. The Morgan fingerprint density at radius 3 is 3.14 bits per heavy atom. The van der Waals surface area contributed by atoms with E-state index in [1.165, 1.54) is 0 Å². The summed E-state index contributed by atoms with van der Waals surface area (Å²) < 4.78 is 0. The first-order valence-corrected chi connectivity index (χ1v) is 5.85. The lowest BCUT2D eigenvalue weighted by Crippen LogP contribution is -2.31. The van der Waals surface area contributed by atoms with Crippen molar-refractivity contribution in [3.8, 4) is 0 Å². The molecule has 4 heteroatoms. The lowest BCUT2D eigenvalue weighted by atomic mass is 9.94. The van der Waals surface area contributed by atoms with Crippen LogP contribution in [0, 0.1) is 0 Å². The molecule has 1 saturated heterocycles. The van der Waals surface area contributed by atoms with Crippen LogP contribution >= 0.6 is 11.8 Å². The number of hydrogen-bond acceptors (Lipinski definition) is 4. The number of aliphatic hydroxyl groups is 1. The minimum Gasteiger partial charge on any atom is -0.389 e. The van der Waals surface area contributed by atoms with E-state index < -0.39 is 5.60 Å². The van der Waals surface area contributed by atoms with E-state index in [1.807, 2.05) is 12.1 Å². The van der Waals surface area contributed by atoms with Gasteiger partial charge in [0.1, 0.15) is 5.82 Å². The highest BCUT2D eigenvalue weighted by molar-refractivity contribution is 7.99. The molecule has 2 rings (SSSR count). The van der Waals surface area contributed by atoms with Gasteiger partial charge in [0.15, 0.2) is 0 Å². The molecule has 0 radical (unpaired) electrons. The van der Waals surface area contributed by atoms with Gasteiger partial charge in [-0.1, -0.05) is 6.07 Å². The summed E-state index contributed by atoms with van der Waals surface area (Å²) in [5.41, 5.74) is 6.12. The molecule has 1 aromatic heterocycles. The third kappa shape index (κ3) is 2.01. The van der Waals surface area contributed by atoms with Crippen molar-refractivity contribution in [3.05, 3.63) is 23.9 Å². The van der Waals surface area contributed by atoms with Crippen molar-refractivity contribution in [2.24, 2.45) is 0 Å². The molecule has 3 nitrogen and oxygen atoms in total. The fourth-order valence-electron chi connectivity index (χ4n) is 1.69. The van der Waals surface area contributed by atoms with Crippen molar-refractivity contribution in [3.63, 3.8) is 0 Å². The molecule has 76 valence electrons. The van der Waals surface area contributed by atoms with E-state index in [0.29, 0.717) is 12.2 Å². The molecular formula is C10H14N2OS. The Balaban J connectivity index is 2.14. The molecule has 0 aliphatic carbocycles. The Kier molecular flexibility index (Phi) is 2.65. The maximum Gasteiger partial charge on any atom is 0.126 e. The molecule has 0 aromatic carbocycles. The Hall–Kier alpha value is -0.740. The number of nitrogens with two attached hydrogens (primary N) is 1. The summed E-state index contributed by atoms with van der Waals surface area (Å²) in [6, 6.07) is 3.79. The Labute approximate surface area is 87.7 Å². The third-order valence-electron chi connectivity index (χ3n) is 2.53. The van der Waals surface area contributed by atoms with E-state index in [9.17, 15) is 5.11 Å². The average molecular weight is 210 g/mol. The maximum atomic E-state index is 10.2. The van der Waals surface area contributed by atoms with Crippen LogP contribution in [0.5, 0.6) is 0 Å². The molecule has 0 amide bonds. The zero-order valence-electron chi connectivity index (χ0n) is 7.94. The van der Waals surface area contributed by atoms with E-state index in [-0.39, 0.29) is 0 Å². The van der Waals surface area contributed by atoms with Crippen LogP contribution in [0.3, 0.4) is 0 Å². The Morgan fingerprint density at radius 2 is 2.50 bits per heavy atom. The van der Waals surface area contributed by atoms with Crippen LogP contribution in [0.4, 0.5) is 5.82 Å². The van der Waals surface area contributed by atoms with Gasteiger partial charge in [0.05, 0.1) is 5.60 Å². The first-order chi connectivity index (χ1) is 6.70. The van der Waals surface area contributed by atoms with Crippen molar-refractivity contribution in [1.29, 1.82) is 0 Å². The van der Waals surface area contributed by atoms with Gasteiger partial charge in [0, 0.05) is 18.4 Å². The van der Waals surface area contributed by atoms with E-state index >= 15 is 0 Å². The highest BCUT2D eigenvalue weighted by atomic mass is 32.2. The lowest BCUT2D eigenvalue weighted by Gasteiger charge is -2.21. The predicted octanol–water partition coefficient (Wildman–Crippen LogP) is 1.07. The van der Waals surface area contributed by atoms with Gasteiger partial charge in [-0.3, -0.25) is 0 Å². The fourth-order valence-corrected chi connectivity index (χ4v) is 2.99. The summed E-state index contributed by atoms with van der Waals surface area (Å²) in [5.74, 6) is 2.38. The second-order valence-electron chi connectivity index (χ2n) is 3.75. The molecule has 14 heavy (non-hydrogen) atoms. The Bertz CT molecular complexity index is 324. The second kappa shape index (κ2) is 3.79. The molecule has 1 atom stereocenters. The number of pyridine rings is 1. The Morgan fingerprint density at radius 1 is 1.64 bits per heavy atom. The van der Waals surface area contributed by atoms with E-state index in [1.54, 1.807) is 18.0 Å². The molecular weight excluding hydrogens is 196 g/mol. The molecule has 1 unspecified atom stereocenters. The summed E-state index contributed by atoms with van der Waals surface area (Å²) in [6.45, 7) is 0. The zero-order chi connectivity index (χ0) is 10.0. The number of nitrogens with zero attached hydrogens (tertiary/aromatic N) is 1. The predicted molar refractivity (Wildman–Crippen MR) is 59.2 cm³/mol. The first kappa shape index (κ1) is 9.80.